The lowest BCUT2D eigenvalue weighted by atomic mass is 9.79. The second-order valence-corrected chi connectivity index (χ2v) is 9.46. The minimum atomic E-state index is -4.56. The lowest BCUT2D eigenvalue weighted by Crippen LogP contribution is -2.53. The molecule has 3 atom stereocenters. The molecule has 0 saturated carbocycles. The van der Waals surface area contributed by atoms with E-state index in [1.54, 1.807) is 33.2 Å². The molecular formula is C24H29F3N4O3. The van der Waals surface area contributed by atoms with Crippen molar-refractivity contribution >= 4 is 11.0 Å². The number of fused-ring (bicyclic) bond motifs is 1. The molecule has 2 aromatic heterocycles. The van der Waals surface area contributed by atoms with Gasteiger partial charge in [0.05, 0.1) is 28.5 Å². The van der Waals surface area contributed by atoms with Crippen molar-refractivity contribution in [3.63, 3.8) is 0 Å². The van der Waals surface area contributed by atoms with Crippen molar-refractivity contribution in [1.29, 1.82) is 0 Å². The molecule has 1 saturated heterocycles. The Labute approximate surface area is 195 Å². The fraction of sp³-hybridized carbons (Fsp3) is 0.500. The van der Waals surface area contributed by atoms with Crippen molar-refractivity contribution in [2.24, 2.45) is 7.05 Å². The van der Waals surface area contributed by atoms with Gasteiger partial charge in [0.1, 0.15) is 12.4 Å². The topological polar surface area (TPSA) is 81.3 Å². The van der Waals surface area contributed by atoms with Gasteiger partial charge in [0, 0.05) is 49.1 Å². The van der Waals surface area contributed by atoms with E-state index in [0.29, 0.717) is 12.0 Å². The van der Waals surface area contributed by atoms with Gasteiger partial charge in [-0.15, -0.1) is 0 Å². The van der Waals surface area contributed by atoms with E-state index < -0.39 is 17.3 Å². The minimum absolute atomic E-state index is 0.0309. The normalized spacial score (nSPS) is 23.6. The molecule has 3 heterocycles. The Morgan fingerprint density at radius 2 is 2.03 bits per heavy atom. The van der Waals surface area contributed by atoms with Crippen molar-refractivity contribution in [3.05, 3.63) is 58.3 Å². The molecule has 0 amide bonds. The molecule has 1 aliphatic rings. The predicted molar refractivity (Wildman–Crippen MR) is 122 cm³/mol. The Balaban J connectivity index is 1.58. The van der Waals surface area contributed by atoms with E-state index in [-0.39, 0.29) is 53.5 Å². The van der Waals surface area contributed by atoms with Gasteiger partial charge in [-0.3, -0.25) is 4.79 Å². The molecule has 34 heavy (non-hydrogen) atoms. The number of aryl methyl sites for hydroxylation is 1. The fourth-order valence-electron chi connectivity index (χ4n) is 4.76. The molecule has 7 nitrogen and oxygen atoms in total. The van der Waals surface area contributed by atoms with Crippen LogP contribution in [0.4, 0.5) is 13.2 Å². The van der Waals surface area contributed by atoms with Crippen LogP contribution in [-0.2, 0) is 18.8 Å². The second-order valence-electron chi connectivity index (χ2n) is 9.46. The highest BCUT2D eigenvalue weighted by molar-refractivity contribution is 5.81. The van der Waals surface area contributed by atoms with Crippen LogP contribution in [0.5, 0.6) is 5.75 Å². The lowest BCUT2D eigenvalue weighted by molar-refractivity contribution is -0.136. The number of alkyl halides is 3. The fourth-order valence-corrected chi connectivity index (χ4v) is 4.76. The SMILES string of the molecule is CC1CC(O)(c2ccc(=O)n(C)c2)CC(COc2cc(C(F)(F)F)c3c(c2)ncn3C(C)C)N1. The highest BCUT2D eigenvalue weighted by atomic mass is 19.4. The molecular weight excluding hydrogens is 449 g/mol. The summed E-state index contributed by atoms with van der Waals surface area (Å²) in [6.07, 6.45) is -0.825. The highest BCUT2D eigenvalue weighted by Gasteiger charge is 2.40. The van der Waals surface area contributed by atoms with Crippen molar-refractivity contribution in [2.45, 2.75) is 63.5 Å². The Hall–Kier alpha value is -2.85. The van der Waals surface area contributed by atoms with Gasteiger partial charge in [0.15, 0.2) is 0 Å². The number of aliphatic hydroxyl groups is 1. The summed E-state index contributed by atoms with van der Waals surface area (Å²) < 4.78 is 50.3. The Kier molecular flexibility index (Phi) is 6.24. The van der Waals surface area contributed by atoms with Crippen LogP contribution in [0.1, 0.15) is 50.8 Å². The van der Waals surface area contributed by atoms with Crippen molar-refractivity contribution in [3.8, 4) is 5.75 Å². The number of piperidine rings is 1. The summed E-state index contributed by atoms with van der Waals surface area (Å²) in [6, 6.07) is 4.98. The number of imidazole rings is 1. The van der Waals surface area contributed by atoms with Crippen LogP contribution < -0.4 is 15.6 Å². The summed E-state index contributed by atoms with van der Waals surface area (Å²) in [5, 5.41) is 14.7. The molecule has 10 heteroatoms. The van der Waals surface area contributed by atoms with E-state index in [4.69, 9.17) is 4.74 Å². The number of pyridine rings is 1. The Bertz CT molecular complexity index is 1250. The number of nitrogens with one attached hydrogen (secondary N) is 1. The van der Waals surface area contributed by atoms with Crippen LogP contribution in [0.25, 0.3) is 11.0 Å². The number of rotatable bonds is 5. The molecule has 2 N–H and O–H groups in total. The number of halogens is 3. The molecule has 3 unspecified atom stereocenters. The van der Waals surface area contributed by atoms with Gasteiger partial charge in [-0.05, 0) is 45.7 Å². The summed E-state index contributed by atoms with van der Waals surface area (Å²) in [4.78, 5) is 15.9. The van der Waals surface area contributed by atoms with E-state index in [9.17, 15) is 23.1 Å². The molecule has 1 aliphatic heterocycles. The molecule has 4 rings (SSSR count). The quantitative estimate of drug-likeness (QED) is 0.584. The minimum Gasteiger partial charge on any atom is -0.492 e. The Morgan fingerprint density at radius 1 is 1.29 bits per heavy atom. The molecule has 3 aromatic rings. The largest absolute Gasteiger partial charge is 0.492 e. The summed E-state index contributed by atoms with van der Waals surface area (Å²) >= 11 is 0. The maximum absolute atomic E-state index is 13.8. The highest BCUT2D eigenvalue weighted by Crippen LogP contribution is 2.39. The maximum atomic E-state index is 13.8. The average molecular weight is 479 g/mol. The molecule has 0 radical (unpaired) electrons. The van der Waals surface area contributed by atoms with Crippen molar-refractivity contribution in [1.82, 2.24) is 19.4 Å². The van der Waals surface area contributed by atoms with Gasteiger partial charge in [0.25, 0.3) is 0 Å². The first-order valence-electron chi connectivity index (χ1n) is 11.2. The van der Waals surface area contributed by atoms with Gasteiger partial charge in [0.2, 0.25) is 5.56 Å². The number of hydrogen-bond acceptors (Lipinski definition) is 5. The van der Waals surface area contributed by atoms with Crippen molar-refractivity contribution in [2.75, 3.05) is 6.61 Å². The molecule has 1 fully saturated rings. The first-order valence-corrected chi connectivity index (χ1v) is 11.2. The van der Waals surface area contributed by atoms with Crippen LogP contribution in [-0.4, -0.2) is 37.9 Å². The van der Waals surface area contributed by atoms with E-state index in [1.807, 2.05) is 6.92 Å². The number of ether oxygens (including phenoxy) is 1. The number of aromatic nitrogens is 3. The first-order chi connectivity index (χ1) is 15.9. The van der Waals surface area contributed by atoms with E-state index in [2.05, 4.69) is 10.3 Å². The molecule has 184 valence electrons. The third kappa shape index (κ3) is 4.69. The van der Waals surface area contributed by atoms with Crippen LogP contribution in [0.15, 0.2) is 41.6 Å². The third-order valence-corrected chi connectivity index (χ3v) is 6.33. The van der Waals surface area contributed by atoms with Crippen LogP contribution in [0.2, 0.25) is 0 Å². The van der Waals surface area contributed by atoms with Crippen LogP contribution >= 0.6 is 0 Å². The third-order valence-electron chi connectivity index (χ3n) is 6.33. The van der Waals surface area contributed by atoms with Crippen LogP contribution in [0.3, 0.4) is 0 Å². The summed E-state index contributed by atoms with van der Waals surface area (Å²) in [5.41, 5.74) is -1.30. The number of benzene rings is 1. The van der Waals surface area contributed by atoms with E-state index in [0.717, 1.165) is 6.07 Å². The maximum Gasteiger partial charge on any atom is 0.418 e. The first kappa shape index (κ1) is 24.3. The summed E-state index contributed by atoms with van der Waals surface area (Å²) in [6.45, 7) is 5.58. The van der Waals surface area contributed by atoms with Gasteiger partial charge in [-0.25, -0.2) is 4.98 Å². The zero-order chi connectivity index (χ0) is 24.8. The molecule has 0 bridgehead atoms. The van der Waals surface area contributed by atoms with Gasteiger partial charge in [-0.1, -0.05) is 0 Å². The van der Waals surface area contributed by atoms with Crippen molar-refractivity contribution < 1.29 is 23.0 Å². The summed E-state index contributed by atoms with van der Waals surface area (Å²) in [5.74, 6) is 0.0690. The second kappa shape index (κ2) is 8.74. The van der Waals surface area contributed by atoms with Gasteiger partial charge >= 0.3 is 6.18 Å². The number of nitrogens with zero attached hydrogens (tertiary/aromatic N) is 3. The average Bonchev–Trinajstić information content (AvgIpc) is 3.16. The zero-order valence-electron chi connectivity index (χ0n) is 19.6. The van der Waals surface area contributed by atoms with Gasteiger partial charge in [-0.2, -0.15) is 13.2 Å². The Morgan fingerprint density at radius 3 is 2.68 bits per heavy atom. The monoisotopic (exact) mass is 478 g/mol. The van der Waals surface area contributed by atoms with Crippen LogP contribution in [0, 0.1) is 0 Å². The smallest absolute Gasteiger partial charge is 0.418 e. The predicted octanol–water partition coefficient (Wildman–Crippen LogP) is 3.74. The standard InChI is InChI=1S/C24H29F3N4O3/c1-14(2)31-13-28-20-8-18(7-19(22(20)31)24(25,26)27)34-12-17-10-23(33,9-15(3)29-17)16-5-6-21(32)30(4)11-16/h5-8,11,13-15,17,29,33H,9-10,12H2,1-4H3. The van der Waals surface area contributed by atoms with E-state index in [1.165, 1.54) is 27.6 Å². The molecule has 0 spiro atoms. The zero-order valence-corrected chi connectivity index (χ0v) is 19.6. The summed E-state index contributed by atoms with van der Waals surface area (Å²) in [7, 11) is 1.62. The lowest BCUT2D eigenvalue weighted by Gasteiger charge is -2.41. The number of hydrogen-bond donors (Lipinski definition) is 2. The molecule has 0 aliphatic carbocycles. The van der Waals surface area contributed by atoms with Gasteiger partial charge < -0.3 is 24.3 Å². The molecule has 1 aromatic carbocycles. The van der Waals surface area contributed by atoms with E-state index >= 15 is 0 Å².